The van der Waals surface area contributed by atoms with Crippen LogP contribution in [0.1, 0.15) is 23.2 Å². The second-order valence-corrected chi connectivity index (χ2v) is 6.99. The van der Waals surface area contributed by atoms with Gasteiger partial charge in [0.2, 0.25) is 0 Å². The van der Waals surface area contributed by atoms with E-state index in [4.69, 9.17) is 5.73 Å². The van der Waals surface area contributed by atoms with Crippen LogP contribution in [0.3, 0.4) is 0 Å². The summed E-state index contributed by atoms with van der Waals surface area (Å²) in [6, 6.07) is 5.01. The van der Waals surface area contributed by atoms with Crippen LogP contribution in [0.2, 0.25) is 0 Å². The SMILES string of the molecule is NC(=O)NCC1CCCN(C(=O)c2cc(Br)cc(Br)c2)C1. The molecule has 5 nitrogen and oxygen atoms in total. The Labute approximate surface area is 140 Å². The average molecular weight is 419 g/mol. The highest BCUT2D eigenvalue weighted by Gasteiger charge is 2.24. The van der Waals surface area contributed by atoms with E-state index in [1.54, 1.807) is 0 Å². The Kier molecular flexibility index (Phi) is 5.64. The first-order valence-electron chi connectivity index (χ1n) is 6.74. The third-order valence-electron chi connectivity index (χ3n) is 3.48. The number of amides is 3. The van der Waals surface area contributed by atoms with Gasteiger partial charge in [0.05, 0.1) is 0 Å². The zero-order valence-electron chi connectivity index (χ0n) is 11.4. The summed E-state index contributed by atoms with van der Waals surface area (Å²) in [5.41, 5.74) is 5.74. The zero-order valence-corrected chi connectivity index (χ0v) is 14.6. The standard InChI is InChI=1S/C14H17Br2N3O2/c15-11-4-10(5-12(16)6-11)13(20)19-3-1-2-9(8-19)7-18-14(17)21/h4-6,9H,1-3,7-8H2,(H3,17,18,21). The Bertz CT molecular complexity index is 531. The van der Waals surface area contributed by atoms with Crippen molar-refractivity contribution in [1.82, 2.24) is 10.2 Å². The Morgan fingerprint density at radius 3 is 2.57 bits per heavy atom. The van der Waals surface area contributed by atoms with E-state index < -0.39 is 6.03 Å². The summed E-state index contributed by atoms with van der Waals surface area (Å²) in [6.45, 7) is 1.90. The molecular weight excluding hydrogens is 402 g/mol. The molecule has 1 saturated heterocycles. The third-order valence-corrected chi connectivity index (χ3v) is 4.40. The normalized spacial score (nSPS) is 18.4. The molecule has 1 aromatic carbocycles. The van der Waals surface area contributed by atoms with Gasteiger partial charge in [-0.3, -0.25) is 4.79 Å². The van der Waals surface area contributed by atoms with E-state index in [0.717, 1.165) is 28.3 Å². The quantitative estimate of drug-likeness (QED) is 0.791. The second kappa shape index (κ2) is 7.26. The van der Waals surface area contributed by atoms with Gasteiger partial charge in [-0.05, 0) is 37.0 Å². The van der Waals surface area contributed by atoms with Crippen LogP contribution in [0.15, 0.2) is 27.1 Å². The molecule has 2 rings (SSSR count). The van der Waals surface area contributed by atoms with Gasteiger partial charge in [0.15, 0.2) is 0 Å². The van der Waals surface area contributed by atoms with Gasteiger partial charge in [-0.1, -0.05) is 31.9 Å². The maximum absolute atomic E-state index is 12.6. The van der Waals surface area contributed by atoms with E-state index in [1.807, 2.05) is 23.1 Å². The van der Waals surface area contributed by atoms with Crippen LogP contribution < -0.4 is 11.1 Å². The number of urea groups is 1. The van der Waals surface area contributed by atoms with Crippen molar-refractivity contribution in [3.8, 4) is 0 Å². The van der Waals surface area contributed by atoms with Crippen LogP contribution in [-0.2, 0) is 0 Å². The number of carbonyl (C=O) groups is 2. The highest BCUT2D eigenvalue weighted by Crippen LogP contribution is 2.23. The van der Waals surface area contributed by atoms with E-state index in [2.05, 4.69) is 37.2 Å². The summed E-state index contributed by atoms with van der Waals surface area (Å²) in [5.74, 6) is 0.270. The van der Waals surface area contributed by atoms with Gasteiger partial charge in [0, 0.05) is 34.1 Å². The maximum atomic E-state index is 12.6. The number of hydrogen-bond acceptors (Lipinski definition) is 2. The lowest BCUT2D eigenvalue weighted by Crippen LogP contribution is -2.44. The molecular formula is C14H17Br2N3O2. The number of primary amides is 1. The fraction of sp³-hybridized carbons (Fsp3) is 0.429. The van der Waals surface area contributed by atoms with Crippen molar-refractivity contribution in [1.29, 1.82) is 0 Å². The summed E-state index contributed by atoms with van der Waals surface area (Å²) in [5, 5.41) is 2.62. The van der Waals surface area contributed by atoms with Crippen LogP contribution in [0.4, 0.5) is 4.79 Å². The summed E-state index contributed by atoms with van der Waals surface area (Å²) in [7, 11) is 0. The predicted octanol–water partition coefficient (Wildman–Crippen LogP) is 2.73. The third kappa shape index (κ3) is 4.71. The van der Waals surface area contributed by atoms with Gasteiger partial charge in [0.1, 0.15) is 0 Å². The highest BCUT2D eigenvalue weighted by molar-refractivity contribution is 9.11. The number of nitrogens with zero attached hydrogens (tertiary/aromatic N) is 1. The lowest BCUT2D eigenvalue weighted by atomic mass is 9.97. The van der Waals surface area contributed by atoms with Crippen molar-refractivity contribution in [2.75, 3.05) is 19.6 Å². The summed E-state index contributed by atoms with van der Waals surface area (Å²) >= 11 is 6.79. The van der Waals surface area contributed by atoms with Crippen molar-refractivity contribution in [2.45, 2.75) is 12.8 Å². The Balaban J connectivity index is 2.03. The molecule has 1 heterocycles. The summed E-state index contributed by atoms with van der Waals surface area (Å²) in [4.78, 5) is 25.2. The Morgan fingerprint density at radius 2 is 1.95 bits per heavy atom. The van der Waals surface area contributed by atoms with E-state index in [1.165, 1.54) is 0 Å². The maximum Gasteiger partial charge on any atom is 0.312 e. The van der Waals surface area contributed by atoms with Crippen LogP contribution in [0.5, 0.6) is 0 Å². The Hall–Kier alpha value is -1.08. The molecule has 3 amide bonds. The molecule has 1 aromatic rings. The molecule has 0 saturated carbocycles. The smallest absolute Gasteiger partial charge is 0.312 e. The first kappa shape index (κ1) is 16.3. The molecule has 0 aliphatic carbocycles. The van der Waals surface area contributed by atoms with Crippen molar-refractivity contribution in [3.63, 3.8) is 0 Å². The minimum atomic E-state index is -0.519. The van der Waals surface area contributed by atoms with Crippen molar-refractivity contribution < 1.29 is 9.59 Å². The van der Waals surface area contributed by atoms with Gasteiger partial charge in [-0.15, -0.1) is 0 Å². The number of benzene rings is 1. The molecule has 1 unspecified atom stereocenters. The minimum absolute atomic E-state index is 0.0146. The molecule has 3 N–H and O–H groups in total. The number of halogens is 2. The number of likely N-dealkylation sites (tertiary alicyclic amines) is 1. The predicted molar refractivity (Wildman–Crippen MR) is 88.1 cm³/mol. The second-order valence-electron chi connectivity index (χ2n) is 5.16. The molecule has 1 aliphatic rings. The molecule has 0 radical (unpaired) electrons. The zero-order chi connectivity index (χ0) is 15.4. The van der Waals surface area contributed by atoms with Crippen molar-refractivity contribution >= 4 is 43.8 Å². The van der Waals surface area contributed by atoms with Gasteiger partial charge in [-0.2, -0.15) is 0 Å². The van der Waals surface area contributed by atoms with E-state index in [-0.39, 0.29) is 11.8 Å². The molecule has 0 bridgehead atoms. The number of nitrogens with two attached hydrogens (primary N) is 1. The Morgan fingerprint density at radius 1 is 1.29 bits per heavy atom. The van der Waals surface area contributed by atoms with E-state index >= 15 is 0 Å². The van der Waals surface area contributed by atoms with Crippen molar-refractivity contribution in [2.24, 2.45) is 11.7 Å². The lowest BCUT2D eigenvalue weighted by Gasteiger charge is -2.33. The average Bonchev–Trinajstić information content (AvgIpc) is 2.43. The first-order valence-corrected chi connectivity index (χ1v) is 8.33. The van der Waals surface area contributed by atoms with Gasteiger partial charge in [0.25, 0.3) is 5.91 Å². The molecule has 1 atom stereocenters. The number of carbonyl (C=O) groups excluding carboxylic acids is 2. The molecule has 1 aliphatic heterocycles. The van der Waals surface area contributed by atoms with Crippen molar-refractivity contribution in [3.05, 3.63) is 32.7 Å². The molecule has 1 fully saturated rings. The van der Waals surface area contributed by atoms with Crippen LogP contribution >= 0.6 is 31.9 Å². The summed E-state index contributed by atoms with van der Waals surface area (Å²) < 4.78 is 1.73. The van der Waals surface area contributed by atoms with Gasteiger partial charge >= 0.3 is 6.03 Å². The molecule has 7 heteroatoms. The largest absolute Gasteiger partial charge is 0.352 e. The number of piperidine rings is 1. The molecule has 0 aromatic heterocycles. The number of rotatable bonds is 3. The molecule has 0 spiro atoms. The van der Waals surface area contributed by atoms with Gasteiger partial charge in [-0.25, -0.2) is 4.79 Å². The minimum Gasteiger partial charge on any atom is -0.352 e. The first-order chi connectivity index (χ1) is 9.95. The molecule has 114 valence electrons. The fourth-order valence-electron chi connectivity index (χ4n) is 2.52. The summed E-state index contributed by atoms with van der Waals surface area (Å²) in [6.07, 6.45) is 1.93. The van der Waals surface area contributed by atoms with E-state index in [0.29, 0.717) is 18.7 Å². The molecule has 21 heavy (non-hydrogen) atoms. The topological polar surface area (TPSA) is 75.4 Å². The lowest BCUT2D eigenvalue weighted by molar-refractivity contribution is 0.0675. The van der Waals surface area contributed by atoms with Gasteiger partial charge < -0.3 is 16.0 Å². The van der Waals surface area contributed by atoms with E-state index in [9.17, 15) is 9.59 Å². The number of hydrogen-bond donors (Lipinski definition) is 2. The van der Waals surface area contributed by atoms with Crippen LogP contribution in [0.25, 0.3) is 0 Å². The fourth-order valence-corrected chi connectivity index (χ4v) is 3.81. The number of nitrogens with one attached hydrogen (secondary N) is 1. The van der Waals surface area contributed by atoms with Crippen LogP contribution in [0, 0.1) is 5.92 Å². The highest BCUT2D eigenvalue weighted by atomic mass is 79.9. The monoisotopic (exact) mass is 417 g/mol. The van der Waals surface area contributed by atoms with Crippen LogP contribution in [-0.4, -0.2) is 36.5 Å².